The zero-order valence-electron chi connectivity index (χ0n) is 15.4. The van der Waals surface area contributed by atoms with Gasteiger partial charge in [-0.05, 0) is 31.7 Å². The number of aromatic nitrogens is 3. The Morgan fingerprint density at radius 1 is 1.37 bits per heavy atom. The Morgan fingerprint density at radius 2 is 2.15 bits per heavy atom. The fraction of sp³-hybridized carbons (Fsp3) is 0.444. The molecule has 2 N–H and O–H groups in total. The van der Waals surface area contributed by atoms with E-state index in [2.05, 4.69) is 25.2 Å². The van der Waals surface area contributed by atoms with Crippen molar-refractivity contribution in [3.05, 3.63) is 39.9 Å². The van der Waals surface area contributed by atoms with Gasteiger partial charge < -0.3 is 19.9 Å². The number of morpholine rings is 1. The standard InChI is InChI=1S/C18H23N5O3S/c1-12-14(17(25)22-18(20-12)27-2)4-6-16(24)21-13-3-5-15(19-11-13)23-7-9-26-10-8-23/h3,5,11H,4,6-10H2,1-2H3,(H,21,24)(H,20,22,25). The van der Waals surface area contributed by atoms with E-state index in [-0.39, 0.29) is 17.9 Å². The third-order valence-electron chi connectivity index (χ3n) is 4.36. The molecule has 0 bridgehead atoms. The number of carbonyl (C=O) groups is 1. The molecule has 0 aromatic carbocycles. The molecule has 3 heterocycles. The van der Waals surface area contributed by atoms with Crippen molar-refractivity contribution in [1.82, 2.24) is 15.0 Å². The van der Waals surface area contributed by atoms with Crippen LogP contribution in [0.3, 0.4) is 0 Å². The maximum atomic E-state index is 12.2. The first-order valence-electron chi connectivity index (χ1n) is 8.79. The molecule has 9 heteroatoms. The van der Waals surface area contributed by atoms with Gasteiger partial charge in [0.2, 0.25) is 5.91 Å². The largest absolute Gasteiger partial charge is 0.378 e. The van der Waals surface area contributed by atoms with Gasteiger partial charge in [0.05, 0.1) is 25.1 Å². The van der Waals surface area contributed by atoms with Crippen molar-refractivity contribution in [3.8, 4) is 0 Å². The summed E-state index contributed by atoms with van der Waals surface area (Å²) in [6.45, 7) is 4.82. The van der Waals surface area contributed by atoms with Gasteiger partial charge in [-0.1, -0.05) is 11.8 Å². The minimum Gasteiger partial charge on any atom is -0.378 e. The molecule has 1 aliphatic rings. The predicted octanol–water partition coefficient (Wildman–Crippen LogP) is 1.60. The number of aromatic amines is 1. The molecule has 3 rings (SSSR count). The molecule has 2 aromatic heterocycles. The second-order valence-corrected chi connectivity index (χ2v) is 6.99. The van der Waals surface area contributed by atoms with Crippen LogP contribution in [-0.2, 0) is 16.0 Å². The minimum atomic E-state index is -0.184. The van der Waals surface area contributed by atoms with Crippen LogP contribution in [0.25, 0.3) is 0 Å². The van der Waals surface area contributed by atoms with Crippen LogP contribution >= 0.6 is 11.8 Å². The Balaban J connectivity index is 1.56. The van der Waals surface area contributed by atoms with E-state index in [1.165, 1.54) is 11.8 Å². The summed E-state index contributed by atoms with van der Waals surface area (Å²) in [5.74, 6) is 0.710. The van der Waals surface area contributed by atoms with Gasteiger partial charge in [-0.25, -0.2) is 9.97 Å². The Labute approximate surface area is 161 Å². The number of nitrogens with zero attached hydrogens (tertiary/aromatic N) is 3. The number of nitrogens with one attached hydrogen (secondary N) is 2. The van der Waals surface area contributed by atoms with Crippen LogP contribution in [0.5, 0.6) is 0 Å². The van der Waals surface area contributed by atoms with Crippen LogP contribution in [0.15, 0.2) is 28.3 Å². The summed E-state index contributed by atoms with van der Waals surface area (Å²) in [7, 11) is 0. The summed E-state index contributed by atoms with van der Waals surface area (Å²) in [5.41, 5.74) is 1.66. The third kappa shape index (κ3) is 5.08. The summed E-state index contributed by atoms with van der Waals surface area (Å²) in [5, 5.41) is 3.40. The molecule has 0 saturated carbocycles. The number of aryl methyl sites for hydroxylation is 1. The quantitative estimate of drug-likeness (QED) is 0.572. The molecule has 8 nitrogen and oxygen atoms in total. The molecule has 0 atom stereocenters. The highest BCUT2D eigenvalue weighted by molar-refractivity contribution is 7.98. The smallest absolute Gasteiger partial charge is 0.254 e. The van der Waals surface area contributed by atoms with E-state index in [0.29, 0.717) is 41.7 Å². The topological polar surface area (TPSA) is 100 Å². The van der Waals surface area contributed by atoms with Crippen LogP contribution in [0.2, 0.25) is 0 Å². The first kappa shape index (κ1) is 19.4. The normalized spacial score (nSPS) is 14.2. The summed E-state index contributed by atoms with van der Waals surface area (Å²) in [4.78, 5) is 37.9. The Bertz CT molecular complexity index is 847. The van der Waals surface area contributed by atoms with E-state index in [4.69, 9.17) is 4.74 Å². The summed E-state index contributed by atoms with van der Waals surface area (Å²) in [6, 6.07) is 3.73. The monoisotopic (exact) mass is 389 g/mol. The van der Waals surface area contributed by atoms with Crippen molar-refractivity contribution < 1.29 is 9.53 Å². The molecule has 2 aromatic rings. The molecule has 0 aliphatic carbocycles. The summed E-state index contributed by atoms with van der Waals surface area (Å²) in [6.07, 6.45) is 4.04. The van der Waals surface area contributed by atoms with Gasteiger partial charge in [0.25, 0.3) is 5.56 Å². The van der Waals surface area contributed by atoms with Gasteiger partial charge in [-0.15, -0.1) is 0 Å². The number of pyridine rings is 1. The van der Waals surface area contributed by atoms with Crippen molar-refractivity contribution in [2.75, 3.05) is 42.8 Å². The second-order valence-electron chi connectivity index (χ2n) is 6.19. The molecule has 1 amide bonds. The minimum absolute atomic E-state index is 0.163. The fourth-order valence-corrected chi connectivity index (χ4v) is 3.30. The highest BCUT2D eigenvalue weighted by atomic mass is 32.2. The zero-order valence-corrected chi connectivity index (χ0v) is 16.3. The maximum Gasteiger partial charge on any atom is 0.254 e. The Morgan fingerprint density at radius 3 is 2.78 bits per heavy atom. The summed E-state index contributed by atoms with van der Waals surface area (Å²) < 4.78 is 5.33. The van der Waals surface area contributed by atoms with Crippen molar-refractivity contribution >= 4 is 29.2 Å². The number of hydrogen-bond acceptors (Lipinski definition) is 7. The molecular weight excluding hydrogens is 366 g/mol. The SMILES string of the molecule is CSc1nc(C)c(CCC(=O)Nc2ccc(N3CCOCC3)nc2)c(=O)[nH]1. The number of hydrogen-bond donors (Lipinski definition) is 2. The van der Waals surface area contributed by atoms with Crippen LogP contribution in [-0.4, -0.2) is 53.4 Å². The first-order valence-corrected chi connectivity index (χ1v) is 10.0. The number of anilines is 2. The molecule has 144 valence electrons. The molecule has 1 fully saturated rings. The number of ether oxygens (including phenoxy) is 1. The van der Waals surface area contributed by atoms with Gasteiger partial charge in [0.1, 0.15) is 5.82 Å². The van der Waals surface area contributed by atoms with E-state index < -0.39 is 0 Å². The summed E-state index contributed by atoms with van der Waals surface area (Å²) >= 11 is 1.38. The first-order chi connectivity index (χ1) is 13.1. The third-order valence-corrected chi connectivity index (χ3v) is 4.94. The maximum absolute atomic E-state index is 12.2. The van der Waals surface area contributed by atoms with Gasteiger partial charge in [-0.3, -0.25) is 9.59 Å². The van der Waals surface area contributed by atoms with Crippen LogP contribution in [0.4, 0.5) is 11.5 Å². The number of carbonyl (C=O) groups excluding carboxylic acids is 1. The van der Waals surface area contributed by atoms with E-state index in [0.717, 1.165) is 18.9 Å². The van der Waals surface area contributed by atoms with Gasteiger partial charge >= 0.3 is 0 Å². The van der Waals surface area contributed by atoms with Gasteiger partial charge in [0.15, 0.2) is 5.16 Å². The van der Waals surface area contributed by atoms with Gasteiger partial charge in [-0.2, -0.15) is 0 Å². The molecule has 0 radical (unpaired) electrons. The lowest BCUT2D eigenvalue weighted by Gasteiger charge is -2.27. The lowest BCUT2D eigenvalue weighted by atomic mass is 10.1. The molecular formula is C18H23N5O3S. The highest BCUT2D eigenvalue weighted by Crippen LogP contribution is 2.16. The average Bonchev–Trinajstić information content (AvgIpc) is 2.68. The van der Waals surface area contributed by atoms with Crippen molar-refractivity contribution in [2.45, 2.75) is 24.9 Å². The van der Waals surface area contributed by atoms with E-state index in [9.17, 15) is 9.59 Å². The molecule has 0 unspecified atom stereocenters. The van der Waals surface area contributed by atoms with Crippen LogP contribution in [0.1, 0.15) is 17.7 Å². The van der Waals surface area contributed by atoms with E-state index >= 15 is 0 Å². The van der Waals surface area contributed by atoms with Gasteiger partial charge in [0, 0.05) is 30.8 Å². The van der Waals surface area contributed by atoms with Crippen molar-refractivity contribution in [3.63, 3.8) is 0 Å². The molecule has 1 saturated heterocycles. The van der Waals surface area contributed by atoms with E-state index in [1.54, 1.807) is 13.1 Å². The second kappa shape index (κ2) is 9.01. The Kier molecular flexibility index (Phi) is 6.46. The van der Waals surface area contributed by atoms with E-state index in [1.807, 2.05) is 18.4 Å². The highest BCUT2D eigenvalue weighted by Gasteiger charge is 2.13. The van der Waals surface area contributed by atoms with Crippen molar-refractivity contribution in [1.29, 1.82) is 0 Å². The number of rotatable bonds is 6. The lowest BCUT2D eigenvalue weighted by Crippen LogP contribution is -2.36. The molecule has 1 aliphatic heterocycles. The number of amides is 1. The Hall–Kier alpha value is -2.39. The fourth-order valence-electron chi connectivity index (χ4n) is 2.88. The number of thioether (sulfide) groups is 1. The molecule has 27 heavy (non-hydrogen) atoms. The lowest BCUT2D eigenvalue weighted by molar-refractivity contribution is -0.116. The van der Waals surface area contributed by atoms with Crippen LogP contribution in [0, 0.1) is 6.92 Å². The number of H-pyrrole nitrogens is 1. The van der Waals surface area contributed by atoms with Crippen molar-refractivity contribution in [2.24, 2.45) is 0 Å². The predicted molar refractivity (Wildman–Crippen MR) is 106 cm³/mol. The zero-order chi connectivity index (χ0) is 19.2. The average molecular weight is 389 g/mol. The molecule has 0 spiro atoms. The van der Waals surface area contributed by atoms with Crippen LogP contribution < -0.4 is 15.8 Å².